The van der Waals surface area contributed by atoms with Gasteiger partial charge in [0, 0.05) is 17.4 Å². The van der Waals surface area contributed by atoms with Crippen LogP contribution in [0.25, 0.3) is 11.1 Å². The Morgan fingerprint density at radius 2 is 1.67 bits per heavy atom. The summed E-state index contributed by atoms with van der Waals surface area (Å²) in [6.45, 7) is 0. The molecule has 9 heteroatoms. The zero-order valence-corrected chi connectivity index (χ0v) is 16.2. The number of carbonyl (C=O) groups excluding carboxylic acids is 1. The minimum Gasteiger partial charge on any atom is -0.481 e. The van der Waals surface area contributed by atoms with E-state index >= 15 is 0 Å². The molecule has 1 aromatic heterocycles. The topological polar surface area (TPSA) is 75.6 Å². The van der Waals surface area contributed by atoms with Gasteiger partial charge in [-0.1, -0.05) is 24.3 Å². The van der Waals surface area contributed by atoms with E-state index in [-0.39, 0.29) is 18.1 Å². The molecule has 5 nitrogen and oxygen atoms in total. The predicted octanol–water partition coefficient (Wildman–Crippen LogP) is 5.58. The van der Waals surface area contributed by atoms with Gasteiger partial charge in [-0.25, -0.2) is 0 Å². The fraction of sp³-hybridized carbons (Fsp3) is 0.143. The number of nitrogens with one attached hydrogen (secondary N) is 1. The molecule has 0 saturated heterocycles. The Labute approximate surface area is 173 Å². The second-order valence-electron chi connectivity index (χ2n) is 6.32. The van der Waals surface area contributed by atoms with E-state index in [0.29, 0.717) is 22.5 Å². The molecule has 0 aliphatic heterocycles. The molecular formula is C21H16F3NO4S. The number of carbonyl (C=O) groups is 2. The first kappa shape index (κ1) is 21.4. The molecular weight excluding hydrogens is 419 g/mol. The van der Waals surface area contributed by atoms with Gasteiger partial charge in [0.15, 0.2) is 0 Å². The molecule has 0 saturated carbocycles. The molecule has 0 spiro atoms. The van der Waals surface area contributed by atoms with Crippen LogP contribution in [0.3, 0.4) is 0 Å². The number of hydrogen-bond acceptors (Lipinski definition) is 4. The Morgan fingerprint density at radius 3 is 2.27 bits per heavy atom. The van der Waals surface area contributed by atoms with Crippen LogP contribution in [0.2, 0.25) is 0 Å². The van der Waals surface area contributed by atoms with Crippen molar-refractivity contribution in [3.05, 3.63) is 71.1 Å². The van der Waals surface area contributed by atoms with E-state index in [1.165, 1.54) is 35.6 Å². The number of aliphatic carboxylic acids is 1. The standard InChI is InChI=1S/C21H16F3NO4S/c22-21(23,24)29-17-8-6-14(7-9-17)16-11-18(30-12-16)25-20(28)15-4-1-13(2-5-15)3-10-19(26)27/h1-2,4-9,11-12H,3,10H2,(H,25,28)(H,26,27). The molecule has 3 rings (SSSR count). The zero-order valence-electron chi connectivity index (χ0n) is 15.4. The lowest BCUT2D eigenvalue weighted by Crippen LogP contribution is -2.16. The molecule has 0 aliphatic carbocycles. The summed E-state index contributed by atoms with van der Waals surface area (Å²) in [6, 6.07) is 13.9. The number of halogens is 3. The lowest BCUT2D eigenvalue weighted by Gasteiger charge is -2.08. The van der Waals surface area contributed by atoms with Crippen LogP contribution in [0.1, 0.15) is 22.3 Å². The summed E-state index contributed by atoms with van der Waals surface area (Å²) in [5.41, 5.74) is 2.69. The van der Waals surface area contributed by atoms with Crippen molar-refractivity contribution in [3.63, 3.8) is 0 Å². The van der Waals surface area contributed by atoms with E-state index in [9.17, 15) is 22.8 Å². The number of carboxylic acids is 1. The highest BCUT2D eigenvalue weighted by Gasteiger charge is 2.30. The van der Waals surface area contributed by atoms with Crippen molar-refractivity contribution in [2.45, 2.75) is 19.2 Å². The van der Waals surface area contributed by atoms with Crippen molar-refractivity contribution in [2.24, 2.45) is 0 Å². The van der Waals surface area contributed by atoms with Crippen LogP contribution < -0.4 is 10.1 Å². The van der Waals surface area contributed by atoms with E-state index in [2.05, 4.69) is 10.1 Å². The molecule has 1 amide bonds. The maximum Gasteiger partial charge on any atom is 0.573 e. The number of amides is 1. The molecule has 0 aliphatic rings. The molecule has 0 unspecified atom stereocenters. The number of benzene rings is 2. The van der Waals surface area contributed by atoms with Crippen LogP contribution in [0.4, 0.5) is 18.2 Å². The average molecular weight is 435 g/mol. The normalized spacial score (nSPS) is 11.2. The zero-order chi connectivity index (χ0) is 21.7. The summed E-state index contributed by atoms with van der Waals surface area (Å²) in [5, 5.41) is 13.8. The predicted molar refractivity (Wildman–Crippen MR) is 107 cm³/mol. The number of carboxylic acid groups (broad SMARTS) is 1. The number of alkyl halides is 3. The minimum absolute atomic E-state index is 0.0207. The van der Waals surface area contributed by atoms with Crippen molar-refractivity contribution in [3.8, 4) is 16.9 Å². The molecule has 156 valence electrons. The van der Waals surface area contributed by atoms with Gasteiger partial charge in [-0.3, -0.25) is 9.59 Å². The molecule has 0 fully saturated rings. The smallest absolute Gasteiger partial charge is 0.481 e. The highest BCUT2D eigenvalue weighted by Crippen LogP contribution is 2.31. The lowest BCUT2D eigenvalue weighted by molar-refractivity contribution is -0.274. The van der Waals surface area contributed by atoms with E-state index in [1.807, 2.05) is 0 Å². The first-order valence-electron chi connectivity index (χ1n) is 8.76. The third-order valence-electron chi connectivity index (χ3n) is 4.10. The van der Waals surface area contributed by atoms with Gasteiger partial charge in [-0.15, -0.1) is 24.5 Å². The Balaban J connectivity index is 1.62. The molecule has 0 atom stereocenters. The third kappa shape index (κ3) is 6.08. The number of rotatable bonds is 7. The monoisotopic (exact) mass is 435 g/mol. The van der Waals surface area contributed by atoms with Gasteiger partial charge in [0.25, 0.3) is 5.91 Å². The quantitative estimate of drug-likeness (QED) is 0.508. The maximum atomic E-state index is 12.4. The summed E-state index contributed by atoms with van der Waals surface area (Å²) >= 11 is 1.29. The van der Waals surface area contributed by atoms with E-state index < -0.39 is 12.3 Å². The first-order chi connectivity index (χ1) is 14.2. The van der Waals surface area contributed by atoms with Crippen molar-refractivity contribution in [1.82, 2.24) is 0 Å². The summed E-state index contributed by atoms with van der Waals surface area (Å²) in [4.78, 5) is 23.0. The van der Waals surface area contributed by atoms with Crippen molar-refractivity contribution >= 4 is 28.2 Å². The van der Waals surface area contributed by atoms with Gasteiger partial charge in [0.05, 0.1) is 5.00 Å². The van der Waals surface area contributed by atoms with Crippen molar-refractivity contribution < 1.29 is 32.6 Å². The number of aryl methyl sites for hydroxylation is 1. The van der Waals surface area contributed by atoms with Crippen LogP contribution in [-0.4, -0.2) is 23.3 Å². The SMILES string of the molecule is O=C(O)CCc1ccc(C(=O)Nc2cc(-c3ccc(OC(F)(F)F)cc3)cs2)cc1. The van der Waals surface area contributed by atoms with E-state index in [0.717, 1.165) is 11.1 Å². The van der Waals surface area contributed by atoms with Gasteiger partial charge in [0.1, 0.15) is 5.75 Å². The Morgan fingerprint density at radius 1 is 1.00 bits per heavy atom. The summed E-state index contributed by atoms with van der Waals surface area (Å²) in [6.07, 6.45) is -4.33. The fourth-order valence-corrected chi connectivity index (χ4v) is 3.47. The Kier molecular flexibility index (Phi) is 6.41. The number of anilines is 1. The number of thiophene rings is 1. The van der Waals surface area contributed by atoms with E-state index in [4.69, 9.17) is 5.11 Å². The fourth-order valence-electron chi connectivity index (χ4n) is 2.66. The van der Waals surface area contributed by atoms with Crippen molar-refractivity contribution in [2.75, 3.05) is 5.32 Å². The van der Waals surface area contributed by atoms with Crippen molar-refractivity contribution in [1.29, 1.82) is 0 Å². The van der Waals surface area contributed by atoms with Gasteiger partial charge in [-0.05, 0) is 53.4 Å². The van der Waals surface area contributed by atoms with Crippen LogP contribution in [0, 0.1) is 0 Å². The molecule has 0 radical (unpaired) electrons. The molecule has 2 N–H and O–H groups in total. The summed E-state index contributed by atoms with van der Waals surface area (Å²) in [5.74, 6) is -1.50. The molecule has 2 aromatic carbocycles. The molecule has 30 heavy (non-hydrogen) atoms. The van der Waals surface area contributed by atoms with Crippen LogP contribution in [0.5, 0.6) is 5.75 Å². The third-order valence-corrected chi connectivity index (χ3v) is 4.95. The largest absolute Gasteiger partial charge is 0.573 e. The highest BCUT2D eigenvalue weighted by atomic mass is 32.1. The first-order valence-corrected chi connectivity index (χ1v) is 9.64. The highest BCUT2D eigenvalue weighted by molar-refractivity contribution is 7.14. The number of ether oxygens (including phenoxy) is 1. The Hall–Kier alpha value is -3.33. The van der Waals surface area contributed by atoms with Gasteiger partial charge >= 0.3 is 12.3 Å². The maximum absolute atomic E-state index is 12.4. The average Bonchev–Trinajstić information content (AvgIpc) is 3.14. The van der Waals surface area contributed by atoms with Gasteiger partial charge in [-0.2, -0.15) is 0 Å². The number of hydrogen-bond donors (Lipinski definition) is 2. The van der Waals surface area contributed by atoms with Crippen LogP contribution in [0.15, 0.2) is 60.0 Å². The minimum atomic E-state index is -4.74. The van der Waals surface area contributed by atoms with Crippen LogP contribution in [-0.2, 0) is 11.2 Å². The summed E-state index contributed by atoms with van der Waals surface area (Å²) < 4.78 is 40.6. The molecule has 0 bridgehead atoms. The lowest BCUT2D eigenvalue weighted by atomic mass is 10.1. The summed E-state index contributed by atoms with van der Waals surface area (Å²) in [7, 11) is 0. The Bertz CT molecular complexity index is 1030. The second-order valence-corrected chi connectivity index (χ2v) is 7.23. The van der Waals surface area contributed by atoms with Crippen LogP contribution >= 0.6 is 11.3 Å². The van der Waals surface area contributed by atoms with Gasteiger partial charge < -0.3 is 15.2 Å². The molecule has 1 heterocycles. The molecule has 3 aromatic rings. The van der Waals surface area contributed by atoms with E-state index in [1.54, 1.807) is 35.7 Å². The second kappa shape index (κ2) is 9.00. The van der Waals surface area contributed by atoms with Gasteiger partial charge in [0.2, 0.25) is 0 Å².